The van der Waals surface area contributed by atoms with Crippen LogP contribution >= 0.6 is 11.3 Å². The van der Waals surface area contributed by atoms with Crippen LogP contribution in [0.25, 0.3) is 10.9 Å². The SMILES string of the molecule is CN(Cc1nc2ccccc2c(=O)[nH]1)C(=O)[C@H]1CCCN(S(=O)(=O)c2cccs2)C1. The Hall–Kier alpha value is -2.56. The zero-order chi connectivity index (χ0) is 21.3. The van der Waals surface area contributed by atoms with Gasteiger partial charge in [0.05, 0.1) is 23.4 Å². The van der Waals surface area contributed by atoms with Gasteiger partial charge in [0.25, 0.3) is 15.6 Å². The van der Waals surface area contributed by atoms with E-state index < -0.39 is 15.9 Å². The Kier molecular flexibility index (Phi) is 5.72. The van der Waals surface area contributed by atoms with Crippen LogP contribution in [-0.4, -0.2) is 53.6 Å². The van der Waals surface area contributed by atoms with Gasteiger partial charge in [-0.25, -0.2) is 13.4 Å². The van der Waals surface area contributed by atoms with Gasteiger partial charge < -0.3 is 9.88 Å². The maximum absolute atomic E-state index is 13.0. The molecule has 4 rings (SSSR count). The van der Waals surface area contributed by atoms with Crippen molar-refractivity contribution in [2.45, 2.75) is 23.6 Å². The fraction of sp³-hybridized carbons (Fsp3) is 0.350. The number of para-hydroxylation sites is 1. The Morgan fingerprint density at radius 1 is 1.30 bits per heavy atom. The van der Waals surface area contributed by atoms with E-state index in [2.05, 4.69) is 9.97 Å². The number of hydrogen-bond donors (Lipinski definition) is 1. The summed E-state index contributed by atoms with van der Waals surface area (Å²) in [7, 11) is -1.94. The average Bonchev–Trinajstić information content (AvgIpc) is 3.29. The summed E-state index contributed by atoms with van der Waals surface area (Å²) in [5.41, 5.74) is 0.324. The number of rotatable bonds is 5. The molecular weight excluding hydrogens is 424 g/mol. The van der Waals surface area contributed by atoms with Crippen LogP contribution in [-0.2, 0) is 21.4 Å². The first kappa shape index (κ1) is 20.7. The minimum atomic E-state index is -3.58. The van der Waals surface area contributed by atoms with E-state index in [-0.39, 0.29) is 24.6 Å². The van der Waals surface area contributed by atoms with Gasteiger partial charge in [-0.3, -0.25) is 9.59 Å². The molecule has 8 nitrogen and oxygen atoms in total. The first-order chi connectivity index (χ1) is 14.4. The number of benzene rings is 1. The van der Waals surface area contributed by atoms with Crippen molar-refractivity contribution in [2.75, 3.05) is 20.1 Å². The molecule has 3 heterocycles. The van der Waals surface area contributed by atoms with Crippen molar-refractivity contribution < 1.29 is 13.2 Å². The molecule has 0 spiro atoms. The highest BCUT2D eigenvalue weighted by atomic mass is 32.2. The molecule has 1 fully saturated rings. The van der Waals surface area contributed by atoms with Crippen LogP contribution in [0, 0.1) is 5.92 Å². The smallest absolute Gasteiger partial charge is 0.258 e. The zero-order valence-electron chi connectivity index (χ0n) is 16.4. The molecule has 0 aliphatic carbocycles. The van der Waals surface area contributed by atoms with Gasteiger partial charge in [-0.2, -0.15) is 4.31 Å². The number of thiophene rings is 1. The van der Waals surface area contributed by atoms with E-state index in [1.165, 1.54) is 20.5 Å². The summed E-state index contributed by atoms with van der Waals surface area (Å²) in [5, 5.41) is 2.22. The highest BCUT2D eigenvalue weighted by Crippen LogP contribution is 2.27. The third kappa shape index (κ3) is 4.03. The summed E-state index contributed by atoms with van der Waals surface area (Å²) in [6, 6.07) is 10.3. The highest BCUT2D eigenvalue weighted by molar-refractivity contribution is 7.91. The van der Waals surface area contributed by atoms with E-state index in [9.17, 15) is 18.0 Å². The highest BCUT2D eigenvalue weighted by Gasteiger charge is 2.35. The number of sulfonamides is 1. The van der Waals surface area contributed by atoms with E-state index in [1.54, 1.807) is 48.8 Å². The topological polar surface area (TPSA) is 103 Å². The van der Waals surface area contributed by atoms with Crippen molar-refractivity contribution >= 4 is 38.2 Å². The normalized spacial score (nSPS) is 17.8. The lowest BCUT2D eigenvalue weighted by Crippen LogP contribution is -2.45. The van der Waals surface area contributed by atoms with Crippen molar-refractivity contribution in [1.82, 2.24) is 19.2 Å². The molecular formula is C20H22N4O4S2. The number of H-pyrrole nitrogens is 1. The van der Waals surface area contributed by atoms with Gasteiger partial charge in [-0.05, 0) is 36.4 Å². The molecule has 0 radical (unpaired) electrons. The summed E-state index contributed by atoms with van der Waals surface area (Å²) >= 11 is 1.18. The number of fused-ring (bicyclic) bond motifs is 1. The van der Waals surface area contributed by atoms with Crippen LogP contribution in [0.1, 0.15) is 18.7 Å². The molecule has 1 N–H and O–H groups in total. The molecule has 0 bridgehead atoms. The van der Waals surface area contributed by atoms with Crippen LogP contribution in [0.15, 0.2) is 50.8 Å². The van der Waals surface area contributed by atoms with Gasteiger partial charge in [-0.1, -0.05) is 18.2 Å². The van der Waals surface area contributed by atoms with Crippen molar-refractivity contribution in [3.63, 3.8) is 0 Å². The number of amides is 1. The number of aromatic nitrogens is 2. The van der Waals surface area contributed by atoms with Crippen LogP contribution in [0.2, 0.25) is 0 Å². The summed E-state index contributed by atoms with van der Waals surface area (Å²) in [4.78, 5) is 33.9. The van der Waals surface area contributed by atoms with E-state index in [0.717, 1.165) is 0 Å². The molecule has 1 aromatic carbocycles. The number of carbonyl (C=O) groups is 1. The van der Waals surface area contributed by atoms with Gasteiger partial charge in [0.2, 0.25) is 5.91 Å². The molecule has 30 heavy (non-hydrogen) atoms. The first-order valence-electron chi connectivity index (χ1n) is 9.63. The standard InChI is InChI=1S/C20H22N4O4S2/c1-23(13-17-21-16-8-3-2-7-15(16)19(25)22-17)20(26)14-6-4-10-24(12-14)30(27,28)18-9-5-11-29-18/h2-3,5,7-9,11,14H,4,6,10,12-13H2,1H3,(H,21,22,25)/t14-/m0/s1. The summed E-state index contributed by atoms with van der Waals surface area (Å²) in [6.45, 7) is 0.714. The molecule has 2 aromatic heterocycles. The average molecular weight is 447 g/mol. The monoisotopic (exact) mass is 446 g/mol. The fourth-order valence-electron chi connectivity index (χ4n) is 3.72. The van der Waals surface area contributed by atoms with Crippen molar-refractivity contribution in [3.05, 3.63) is 58.0 Å². The third-order valence-corrected chi connectivity index (χ3v) is 8.49. The van der Waals surface area contributed by atoms with E-state index in [1.807, 2.05) is 0 Å². The van der Waals surface area contributed by atoms with Crippen molar-refractivity contribution in [2.24, 2.45) is 5.92 Å². The Morgan fingerprint density at radius 3 is 2.87 bits per heavy atom. The Morgan fingerprint density at radius 2 is 2.10 bits per heavy atom. The van der Waals surface area contributed by atoms with E-state index >= 15 is 0 Å². The largest absolute Gasteiger partial charge is 0.338 e. The molecule has 1 amide bonds. The lowest BCUT2D eigenvalue weighted by atomic mass is 9.98. The van der Waals surface area contributed by atoms with Gasteiger partial charge in [0.1, 0.15) is 10.0 Å². The Bertz CT molecular complexity index is 1220. The lowest BCUT2D eigenvalue weighted by Gasteiger charge is -2.32. The summed E-state index contributed by atoms with van der Waals surface area (Å²) in [5.74, 6) is -0.184. The Labute approximate surface area is 178 Å². The lowest BCUT2D eigenvalue weighted by molar-refractivity contribution is -0.136. The molecule has 10 heteroatoms. The predicted molar refractivity (Wildman–Crippen MR) is 115 cm³/mol. The number of nitrogens with zero attached hydrogens (tertiary/aromatic N) is 3. The third-order valence-electron chi connectivity index (χ3n) is 5.25. The number of hydrogen-bond acceptors (Lipinski definition) is 6. The molecule has 3 aromatic rings. The Balaban J connectivity index is 1.48. The molecule has 1 aliphatic rings. The van der Waals surface area contributed by atoms with Gasteiger partial charge >= 0.3 is 0 Å². The van der Waals surface area contributed by atoms with Gasteiger partial charge in [0, 0.05) is 20.1 Å². The molecule has 0 unspecified atom stereocenters. The second kappa shape index (κ2) is 8.29. The maximum atomic E-state index is 13.0. The van der Waals surface area contributed by atoms with Crippen LogP contribution < -0.4 is 5.56 Å². The van der Waals surface area contributed by atoms with Crippen LogP contribution in [0.3, 0.4) is 0 Å². The maximum Gasteiger partial charge on any atom is 0.258 e. The molecule has 1 atom stereocenters. The fourth-order valence-corrected chi connectivity index (χ4v) is 6.39. The number of aromatic amines is 1. The molecule has 0 saturated carbocycles. The summed E-state index contributed by atoms with van der Waals surface area (Å²) < 4.78 is 27.3. The molecule has 1 saturated heterocycles. The minimum Gasteiger partial charge on any atom is -0.338 e. The number of carbonyl (C=O) groups excluding carboxylic acids is 1. The first-order valence-corrected chi connectivity index (χ1v) is 11.9. The predicted octanol–water partition coefficient (Wildman–Crippen LogP) is 2.04. The van der Waals surface area contributed by atoms with Gasteiger partial charge in [0.15, 0.2) is 0 Å². The van der Waals surface area contributed by atoms with Crippen LogP contribution in [0.4, 0.5) is 0 Å². The molecule has 158 valence electrons. The minimum absolute atomic E-state index is 0.146. The van der Waals surface area contributed by atoms with Gasteiger partial charge in [-0.15, -0.1) is 11.3 Å². The molecule has 1 aliphatic heterocycles. The summed E-state index contributed by atoms with van der Waals surface area (Å²) in [6.07, 6.45) is 1.25. The van der Waals surface area contributed by atoms with Crippen molar-refractivity contribution in [1.29, 1.82) is 0 Å². The zero-order valence-corrected chi connectivity index (χ0v) is 18.1. The second-order valence-corrected chi connectivity index (χ2v) is 10.5. The van der Waals surface area contributed by atoms with E-state index in [0.29, 0.717) is 40.3 Å². The second-order valence-electron chi connectivity index (χ2n) is 7.36. The quantitative estimate of drug-likeness (QED) is 0.646. The number of nitrogens with one attached hydrogen (secondary N) is 1. The van der Waals surface area contributed by atoms with Crippen molar-refractivity contribution in [3.8, 4) is 0 Å². The van der Waals surface area contributed by atoms with Crippen LogP contribution in [0.5, 0.6) is 0 Å². The number of piperidine rings is 1. The van der Waals surface area contributed by atoms with E-state index in [4.69, 9.17) is 0 Å².